The minimum atomic E-state index is -1.07. The molecule has 0 aromatic heterocycles. The molecule has 0 spiro atoms. The second kappa shape index (κ2) is 5.47. The summed E-state index contributed by atoms with van der Waals surface area (Å²) in [6, 6.07) is 7.51. The van der Waals surface area contributed by atoms with Gasteiger partial charge in [-0.05, 0) is 47.2 Å². The van der Waals surface area contributed by atoms with Gasteiger partial charge in [0.15, 0.2) is 0 Å². The molecule has 0 saturated carbocycles. The molecule has 18 heavy (non-hydrogen) atoms. The van der Waals surface area contributed by atoms with Gasteiger partial charge in [-0.3, -0.25) is 4.99 Å². The van der Waals surface area contributed by atoms with Gasteiger partial charge in [0, 0.05) is 9.78 Å². The Bertz CT molecular complexity index is 511. The van der Waals surface area contributed by atoms with Crippen LogP contribution >= 0.6 is 22.6 Å². The van der Waals surface area contributed by atoms with Crippen molar-refractivity contribution >= 4 is 40.7 Å². The Labute approximate surface area is 118 Å². The highest BCUT2D eigenvalue weighted by molar-refractivity contribution is 14.1. The van der Waals surface area contributed by atoms with Gasteiger partial charge in [0.25, 0.3) is 0 Å². The van der Waals surface area contributed by atoms with Gasteiger partial charge in [0.1, 0.15) is 11.9 Å². The van der Waals surface area contributed by atoms with Crippen LogP contribution < -0.4 is 5.32 Å². The van der Waals surface area contributed by atoms with Crippen LogP contribution in [0, 0.1) is 3.57 Å². The summed E-state index contributed by atoms with van der Waals surface area (Å²) in [5.41, 5.74) is 1.05. The van der Waals surface area contributed by atoms with Crippen LogP contribution in [0.1, 0.15) is 18.5 Å². The number of nitrogens with zero attached hydrogens (tertiary/aromatic N) is 2. The van der Waals surface area contributed by atoms with E-state index >= 15 is 0 Å². The van der Waals surface area contributed by atoms with Crippen molar-refractivity contribution in [2.24, 2.45) is 9.98 Å². The monoisotopic (exact) mass is 357 g/mol. The molecular formula is C12H12IN3O2. The number of carbonyl (C=O) groups is 1. The summed E-state index contributed by atoms with van der Waals surface area (Å²) < 4.78 is 1.16. The summed E-state index contributed by atoms with van der Waals surface area (Å²) in [6.07, 6.45) is 0.663. The Hall–Kier alpha value is -1.44. The molecule has 5 nitrogen and oxygen atoms in total. The average Bonchev–Trinajstić information content (AvgIpc) is 2.78. The Morgan fingerprint density at radius 1 is 1.44 bits per heavy atom. The maximum atomic E-state index is 10.5. The first-order valence-corrected chi connectivity index (χ1v) is 6.51. The number of amides is 1. The fourth-order valence-electron chi connectivity index (χ4n) is 1.65. The minimum Gasteiger partial charge on any atom is -0.465 e. The molecule has 2 rings (SSSR count). The number of benzene rings is 1. The topological polar surface area (TPSA) is 74.0 Å². The molecular weight excluding hydrogens is 345 g/mol. The SMILES string of the molecule is CC(NC(=O)O)C1=NC(c2ccc(I)cc2)C=N1. The lowest BCUT2D eigenvalue weighted by molar-refractivity contribution is 0.193. The van der Waals surface area contributed by atoms with E-state index < -0.39 is 12.1 Å². The molecule has 2 atom stereocenters. The van der Waals surface area contributed by atoms with E-state index in [1.54, 1.807) is 13.1 Å². The van der Waals surface area contributed by atoms with Crippen LogP contribution in [0.15, 0.2) is 34.3 Å². The summed E-state index contributed by atoms with van der Waals surface area (Å²) in [4.78, 5) is 19.1. The fraction of sp³-hybridized carbons (Fsp3) is 0.250. The lowest BCUT2D eigenvalue weighted by atomic mass is 10.1. The molecule has 94 valence electrons. The number of amidine groups is 1. The van der Waals surface area contributed by atoms with Gasteiger partial charge in [-0.1, -0.05) is 12.1 Å². The number of hydrogen-bond donors (Lipinski definition) is 2. The van der Waals surface area contributed by atoms with Crippen LogP contribution in [0.5, 0.6) is 0 Å². The first-order chi connectivity index (χ1) is 8.56. The third-order valence-corrected chi connectivity index (χ3v) is 3.28. The largest absolute Gasteiger partial charge is 0.465 e. The standard InChI is InChI=1S/C12H12IN3O2/c1-7(15-12(17)18)11-14-6-10(16-11)8-2-4-9(13)5-3-8/h2-7,10,15H,1H3,(H,17,18). The second-order valence-electron chi connectivity index (χ2n) is 3.93. The van der Waals surface area contributed by atoms with E-state index in [0.717, 1.165) is 9.13 Å². The van der Waals surface area contributed by atoms with E-state index in [4.69, 9.17) is 5.11 Å². The highest BCUT2D eigenvalue weighted by Gasteiger charge is 2.19. The molecule has 0 fully saturated rings. The van der Waals surface area contributed by atoms with Crippen molar-refractivity contribution in [3.05, 3.63) is 33.4 Å². The van der Waals surface area contributed by atoms with Gasteiger partial charge in [-0.2, -0.15) is 0 Å². The number of hydrogen-bond acceptors (Lipinski definition) is 3. The van der Waals surface area contributed by atoms with Crippen molar-refractivity contribution in [3.8, 4) is 0 Å². The van der Waals surface area contributed by atoms with Crippen molar-refractivity contribution < 1.29 is 9.90 Å². The van der Waals surface area contributed by atoms with E-state index in [1.165, 1.54) is 0 Å². The van der Waals surface area contributed by atoms with E-state index in [2.05, 4.69) is 37.9 Å². The van der Waals surface area contributed by atoms with E-state index in [0.29, 0.717) is 5.84 Å². The summed E-state index contributed by atoms with van der Waals surface area (Å²) >= 11 is 2.24. The molecule has 1 aromatic rings. The third kappa shape index (κ3) is 3.06. The quantitative estimate of drug-likeness (QED) is 0.816. The summed E-state index contributed by atoms with van der Waals surface area (Å²) in [6.45, 7) is 1.72. The molecule has 0 saturated heterocycles. The zero-order valence-electron chi connectivity index (χ0n) is 9.67. The molecule has 0 aliphatic carbocycles. The van der Waals surface area contributed by atoms with Gasteiger partial charge in [-0.15, -0.1) is 0 Å². The van der Waals surface area contributed by atoms with Crippen molar-refractivity contribution in [2.75, 3.05) is 0 Å². The van der Waals surface area contributed by atoms with Crippen molar-refractivity contribution in [2.45, 2.75) is 19.0 Å². The first kappa shape index (κ1) is 13.0. The predicted octanol–water partition coefficient (Wildman–Crippen LogP) is 2.47. The van der Waals surface area contributed by atoms with Gasteiger partial charge >= 0.3 is 6.09 Å². The number of aliphatic imine (C=N–C) groups is 2. The van der Waals surface area contributed by atoms with Gasteiger partial charge in [0.05, 0.1) is 6.04 Å². The zero-order valence-corrected chi connectivity index (χ0v) is 11.8. The first-order valence-electron chi connectivity index (χ1n) is 5.43. The van der Waals surface area contributed by atoms with Gasteiger partial charge < -0.3 is 10.4 Å². The molecule has 0 bridgehead atoms. The summed E-state index contributed by atoms with van der Waals surface area (Å²) in [5, 5.41) is 11.0. The summed E-state index contributed by atoms with van der Waals surface area (Å²) in [5.74, 6) is 0.515. The summed E-state index contributed by atoms with van der Waals surface area (Å²) in [7, 11) is 0. The van der Waals surface area contributed by atoms with E-state index in [9.17, 15) is 4.79 Å². The molecule has 1 heterocycles. The Kier molecular flexibility index (Phi) is 3.95. The van der Waals surface area contributed by atoms with Crippen molar-refractivity contribution in [3.63, 3.8) is 0 Å². The molecule has 0 radical (unpaired) electrons. The number of rotatable bonds is 3. The van der Waals surface area contributed by atoms with Crippen LogP contribution in [0.3, 0.4) is 0 Å². The smallest absolute Gasteiger partial charge is 0.405 e. The minimum absolute atomic E-state index is 0.116. The highest BCUT2D eigenvalue weighted by atomic mass is 127. The molecule has 1 amide bonds. The zero-order chi connectivity index (χ0) is 13.1. The number of halogens is 1. The number of carboxylic acid groups (broad SMARTS) is 1. The number of nitrogens with one attached hydrogen (secondary N) is 1. The fourth-order valence-corrected chi connectivity index (χ4v) is 2.01. The maximum absolute atomic E-state index is 10.5. The molecule has 2 unspecified atom stereocenters. The predicted molar refractivity (Wildman–Crippen MR) is 78.4 cm³/mol. The van der Waals surface area contributed by atoms with Crippen molar-refractivity contribution in [1.82, 2.24) is 5.32 Å². The Balaban J connectivity index is 2.11. The molecule has 1 aliphatic rings. The highest BCUT2D eigenvalue weighted by Crippen LogP contribution is 2.21. The van der Waals surface area contributed by atoms with Crippen molar-refractivity contribution in [1.29, 1.82) is 0 Å². The van der Waals surface area contributed by atoms with Crippen LogP contribution in [0.25, 0.3) is 0 Å². The lowest BCUT2D eigenvalue weighted by Crippen LogP contribution is -2.36. The van der Waals surface area contributed by atoms with Crippen LogP contribution in [0.2, 0.25) is 0 Å². The normalized spacial score (nSPS) is 19.4. The Morgan fingerprint density at radius 3 is 2.72 bits per heavy atom. The third-order valence-electron chi connectivity index (χ3n) is 2.56. The Morgan fingerprint density at radius 2 is 2.11 bits per heavy atom. The van der Waals surface area contributed by atoms with Crippen LogP contribution in [0.4, 0.5) is 4.79 Å². The molecule has 6 heteroatoms. The maximum Gasteiger partial charge on any atom is 0.405 e. The molecule has 1 aromatic carbocycles. The molecule has 1 aliphatic heterocycles. The van der Waals surface area contributed by atoms with Crippen LogP contribution in [-0.4, -0.2) is 29.3 Å². The van der Waals surface area contributed by atoms with Gasteiger partial charge in [0.2, 0.25) is 0 Å². The second-order valence-corrected chi connectivity index (χ2v) is 5.18. The lowest BCUT2D eigenvalue weighted by Gasteiger charge is -2.09. The molecule has 2 N–H and O–H groups in total. The average molecular weight is 357 g/mol. The van der Waals surface area contributed by atoms with E-state index in [-0.39, 0.29) is 6.04 Å². The van der Waals surface area contributed by atoms with Crippen LogP contribution in [-0.2, 0) is 0 Å². The van der Waals surface area contributed by atoms with E-state index in [1.807, 2.05) is 24.3 Å². The van der Waals surface area contributed by atoms with Gasteiger partial charge in [-0.25, -0.2) is 9.79 Å².